The number of ether oxygens (including phenoxy) is 1. The topological polar surface area (TPSA) is 46.5 Å². The zero-order chi connectivity index (χ0) is 14.5. The Morgan fingerprint density at radius 3 is 2.50 bits per heavy atom. The minimum Gasteiger partial charge on any atom is -0.488 e. The predicted molar refractivity (Wildman–Crippen MR) is 80.7 cm³/mol. The average Bonchev–Trinajstić information content (AvgIpc) is 2.45. The minimum absolute atomic E-state index is 0.191. The lowest BCUT2D eigenvalue weighted by Gasteiger charge is -2.10. The average molecular weight is 288 g/mol. The second kappa shape index (κ2) is 6.48. The molecule has 2 rings (SSSR count). The van der Waals surface area contributed by atoms with Crippen molar-refractivity contribution in [3.63, 3.8) is 0 Å². The summed E-state index contributed by atoms with van der Waals surface area (Å²) in [6.07, 6.45) is 2.03. The summed E-state index contributed by atoms with van der Waals surface area (Å²) in [5.41, 5.74) is 2.18. The van der Waals surface area contributed by atoms with Gasteiger partial charge in [-0.15, -0.1) is 11.8 Å². The van der Waals surface area contributed by atoms with Gasteiger partial charge in [-0.1, -0.05) is 18.2 Å². The summed E-state index contributed by atoms with van der Waals surface area (Å²) in [7, 11) is 0. The summed E-state index contributed by atoms with van der Waals surface area (Å²) in [6, 6.07) is 13.1. The third kappa shape index (κ3) is 3.54. The zero-order valence-corrected chi connectivity index (χ0v) is 12.2. The van der Waals surface area contributed by atoms with Crippen molar-refractivity contribution in [1.82, 2.24) is 0 Å². The molecule has 2 aromatic rings. The van der Waals surface area contributed by atoms with E-state index in [9.17, 15) is 4.79 Å². The van der Waals surface area contributed by atoms with E-state index in [0.29, 0.717) is 12.4 Å². The standard InChI is InChI=1S/C16H16O3S/c1-11-3-8-14(16(17)18)15(9-11)19-10-12-4-6-13(20-2)7-5-12/h3-9H,10H2,1-2H3,(H,17,18). The number of carboxylic acids is 1. The fourth-order valence-electron chi connectivity index (χ4n) is 1.81. The molecule has 0 atom stereocenters. The van der Waals surface area contributed by atoms with E-state index in [0.717, 1.165) is 11.1 Å². The molecule has 3 nitrogen and oxygen atoms in total. The third-order valence-electron chi connectivity index (χ3n) is 2.92. The molecule has 4 heteroatoms. The Bertz CT molecular complexity index is 606. The highest BCUT2D eigenvalue weighted by Gasteiger charge is 2.11. The lowest BCUT2D eigenvalue weighted by atomic mass is 10.1. The Labute approximate surface area is 122 Å². The highest BCUT2D eigenvalue weighted by Crippen LogP contribution is 2.22. The van der Waals surface area contributed by atoms with Crippen LogP contribution in [-0.2, 0) is 6.61 Å². The molecular formula is C16H16O3S. The molecule has 2 aromatic carbocycles. The molecule has 0 unspecified atom stereocenters. The fourth-order valence-corrected chi connectivity index (χ4v) is 2.22. The molecule has 0 heterocycles. The molecule has 1 N–H and O–H groups in total. The van der Waals surface area contributed by atoms with E-state index < -0.39 is 5.97 Å². The van der Waals surface area contributed by atoms with Crippen molar-refractivity contribution >= 4 is 17.7 Å². The van der Waals surface area contributed by atoms with E-state index in [4.69, 9.17) is 9.84 Å². The molecule has 0 bridgehead atoms. The van der Waals surface area contributed by atoms with E-state index in [2.05, 4.69) is 0 Å². The molecule has 104 valence electrons. The largest absolute Gasteiger partial charge is 0.488 e. The van der Waals surface area contributed by atoms with Crippen molar-refractivity contribution in [3.8, 4) is 5.75 Å². The minimum atomic E-state index is -0.974. The first kappa shape index (κ1) is 14.5. The maximum Gasteiger partial charge on any atom is 0.339 e. The maximum absolute atomic E-state index is 11.1. The van der Waals surface area contributed by atoms with Crippen LogP contribution in [0.5, 0.6) is 5.75 Å². The molecule has 0 saturated carbocycles. The molecule has 0 aliphatic rings. The molecule has 0 aliphatic heterocycles. The summed E-state index contributed by atoms with van der Waals surface area (Å²) < 4.78 is 5.65. The van der Waals surface area contributed by atoms with Crippen molar-refractivity contribution in [2.45, 2.75) is 18.4 Å². The summed E-state index contributed by atoms with van der Waals surface area (Å²) in [6.45, 7) is 2.27. The second-order valence-corrected chi connectivity index (χ2v) is 5.32. The second-order valence-electron chi connectivity index (χ2n) is 4.44. The summed E-state index contributed by atoms with van der Waals surface area (Å²) in [5, 5.41) is 9.14. The monoisotopic (exact) mass is 288 g/mol. The van der Waals surface area contributed by atoms with Gasteiger partial charge in [0.25, 0.3) is 0 Å². The van der Waals surface area contributed by atoms with Crippen molar-refractivity contribution in [3.05, 3.63) is 59.2 Å². The Morgan fingerprint density at radius 2 is 1.90 bits per heavy atom. The van der Waals surface area contributed by atoms with Crippen LogP contribution in [0.1, 0.15) is 21.5 Å². The van der Waals surface area contributed by atoms with Gasteiger partial charge in [0.2, 0.25) is 0 Å². The van der Waals surface area contributed by atoms with Crippen LogP contribution in [0.4, 0.5) is 0 Å². The van der Waals surface area contributed by atoms with E-state index >= 15 is 0 Å². The molecule has 0 fully saturated rings. The van der Waals surface area contributed by atoms with Crippen LogP contribution in [0.2, 0.25) is 0 Å². The van der Waals surface area contributed by atoms with Crippen molar-refractivity contribution in [2.75, 3.05) is 6.26 Å². The molecule has 0 saturated heterocycles. The van der Waals surface area contributed by atoms with Crippen molar-refractivity contribution in [2.24, 2.45) is 0 Å². The van der Waals surface area contributed by atoms with E-state index in [1.165, 1.54) is 4.90 Å². The number of hydrogen-bond donors (Lipinski definition) is 1. The first-order valence-electron chi connectivity index (χ1n) is 6.20. The summed E-state index contributed by atoms with van der Waals surface area (Å²) >= 11 is 1.68. The fraction of sp³-hybridized carbons (Fsp3) is 0.188. The molecule has 0 aliphatic carbocycles. The number of carboxylic acid groups (broad SMARTS) is 1. The smallest absolute Gasteiger partial charge is 0.339 e. The van der Waals surface area contributed by atoms with Gasteiger partial charge in [-0.25, -0.2) is 4.79 Å². The summed E-state index contributed by atoms with van der Waals surface area (Å²) in [5.74, 6) is -0.566. The van der Waals surface area contributed by atoms with Gasteiger partial charge in [0.15, 0.2) is 0 Å². The number of benzene rings is 2. The zero-order valence-electron chi connectivity index (χ0n) is 11.4. The maximum atomic E-state index is 11.1. The van der Waals surface area contributed by atoms with Crippen LogP contribution < -0.4 is 4.74 Å². The molecule has 20 heavy (non-hydrogen) atoms. The van der Waals surface area contributed by atoms with Crippen LogP contribution in [0, 0.1) is 6.92 Å². The van der Waals surface area contributed by atoms with Gasteiger partial charge in [0, 0.05) is 4.90 Å². The van der Waals surface area contributed by atoms with Gasteiger partial charge >= 0.3 is 5.97 Å². The number of aryl methyl sites for hydroxylation is 1. The number of aromatic carboxylic acids is 1. The van der Waals surface area contributed by atoms with Crippen LogP contribution in [0.25, 0.3) is 0 Å². The Hall–Kier alpha value is -1.94. The van der Waals surface area contributed by atoms with E-state index in [1.54, 1.807) is 30.0 Å². The Morgan fingerprint density at radius 1 is 1.20 bits per heavy atom. The van der Waals surface area contributed by atoms with E-state index in [1.807, 2.05) is 37.4 Å². The van der Waals surface area contributed by atoms with Crippen molar-refractivity contribution in [1.29, 1.82) is 0 Å². The van der Waals surface area contributed by atoms with Crippen LogP contribution in [0.15, 0.2) is 47.4 Å². The quantitative estimate of drug-likeness (QED) is 0.845. The number of hydrogen-bond acceptors (Lipinski definition) is 3. The van der Waals surface area contributed by atoms with Gasteiger partial charge in [-0.05, 0) is 48.6 Å². The Kier molecular flexibility index (Phi) is 4.69. The predicted octanol–water partition coefficient (Wildman–Crippen LogP) is 3.99. The van der Waals surface area contributed by atoms with Crippen LogP contribution in [-0.4, -0.2) is 17.3 Å². The number of thioether (sulfide) groups is 1. The lowest BCUT2D eigenvalue weighted by Crippen LogP contribution is -2.03. The first-order valence-corrected chi connectivity index (χ1v) is 7.42. The lowest BCUT2D eigenvalue weighted by molar-refractivity contribution is 0.0692. The SMILES string of the molecule is CSc1ccc(COc2cc(C)ccc2C(=O)O)cc1. The summed E-state index contributed by atoms with van der Waals surface area (Å²) in [4.78, 5) is 12.3. The van der Waals surface area contributed by atoms with Gasteiger partial charge in [0.05, 0.1) is 0 Å². The molecular weight excluding hydrogens is 272 g/mol. The normalized spacial score (nSPS) is 10.3. The molecule has 0 amide bonds. The highest BCUT2D eigenvalue weighted by molar-refractivity contribution is 7.98. The van der Waals surface area contributed by atoms with Gasteiger partial charge in [0.1, 0.15) is 17.9 Å². The molecule has 0 aromatic heterocycles. The number of carbonyl (C=O) groups is 1. The molecule has 0 spiro atoms. The van der Waals surface area contributed by atoms with E-state index in [-0.39, 0.29) is 5.56 Å². The molecule has 0 radical (unpaired) electrons. The Balaban J connectivity index is 2.13. The van der Waals surface area contributed by atoms with Gasteiger partial charge < -0.3 is 9.84 Å². The third-order valence-corrected chi connectivity index (χ3v) is 3.66. The van der Waals surface area contributed by atoms with Gasteiger partial charge in [-0.3, -0.25) is 0 Å². The highest BCUT2D eigenvalue weighted by atomic mass is 32.2. The number of rotatable bonds is 5. The van der Waals surface area contributed by atoms with Crippen molar-refractivity contribution < 1.29 is 14.6 Å². The van der Waals surface area contributed by atoms with Crippen LogP contribution in [0.3, 0.4) is 0 Å². The first-order chi connectivity index (χ1) is 9.60. The van der Waals surface area contributed by atoms with Gasteiger partial charge in [-0.2, -0.15) is 0 Å². The van der Waals surface area contributed by atoms with Crippen LogP contribution >= 0.6 is 11.8 Å².